The summed E-state index contributed by atoms with van der Waals surface area (Å²) in [6.45, 7) is 1.71. The van der Waals surface area contributed by atoms with Gasteiger partial charge in [0.25, 0.3) is 0 Å². The van der Waals surface area contributed by atoms with Gasteiger partial charge in [0.1, 0.15) is 11.4 Å². The zero-order chi connectivity index (χ0) is 15.3. The van der Waals surface area contributed by atoms with Crippen LogP contribution in [-0.4, -0.2) is 17.8 Å². The summed E-state index contributed by atoms with van der Waals surface area (Å²) in [5.74, 6) is 3.58. The molecule has 1 unspecified atom stereocenters. The maximum atomic E-state index is 10.1. The molecule has 0 aliphatic rings. The van der Waals surface area contributed by atoms with Crippen LogP contribution >= 0.6 is 15.9 Å². The average Bonchev–Trinajstić information content (AvgIpc) is 2.48. The minimum absolute atomic E-state index is 0.495. The largest absolute Gasteiger partial charge is 0.497 e. The Kier molecular flexibility index (Phi) is 5.06. The van der Waals surface area contributed by atoms with Crippen LogP contribution in [0.1, 0.15) is 12.5 Å². The first-order valence-corrected chi connectivity index (χ1v) is 7.42. The number of aliphatic hydroxyl groups is 1. The van der Waals surface area contributed by atoms with Crippen molar-refractivity contribution in [3.8, 4) is 27.6 Å². The van der Waals surface area contributed by atoms with Gasteiger partial charge in [-0.15, -0.1) is 0 Å². The predicted octanol–water partition coefficient (Wildman–Crippen LogP) is 4.01. The Hall–Kier alpha value is -1.76. The van der Waals surface area contributed by atoms with Crippen molar-refractivity contribution >= 4 is 15.9 Å². The molecule has 0 amide bonds. The second kappa shape index (κ2) is 6.80. The molecule has 0 spiro atoms. The first-order valence-electron chi connectivity index (χ1n) is 6.62. The summed E-state index contributed by atoms with van der Waals surface area (Å²) in [7, 11) is 1.66. The fourth-order valence-corrected chi connectivity index (χ4v) is 2.57. The van der Waals surface area contributed by atoms with Crippen LogP contribution in [0.25, 0.3) is 11.1 Å². The minimum atomic E-state index is -1.02. The smallest absolute Gasteiger partial charge is 0.127 e. The lowest BCUT2D eigenvalue weighted by atomic mass is 9.95. The summed E-state index contributed by atoms with van der Waals surface area (Å²) in [4.78, 5) is 2.58. The Morgan fingerprint density at radius 3 is 2.05 bits per heavy atom. The van der Waals surface area contributed by atoms with Crippen LogP contribution < -0.4 is 4.74 Å². The van der Waals surface area contributed by atoms with Crippen molar-refractivity contribution < 1.29 is 9.84 Å². The van der Waals surface area contributed by atoms with E-state index in [0.29, 0.717) is 6.42 Å². The van der Waals surface area contributed by atoms with E-state index in [4.69, 9.17) is 4.74 Å². The van der Waals surface area contributed by atoms with Gasteiger partial charge in [0.2, 0.25) is 0 Å². The fourth-order valence-electron chi connectivity index (χ4n) is 2.14. The van der Waals surface area contributed by atoms with Crippen LogP contribution in [0.3, 0.4) is 0 Å². The van der Waals surface area contributed by atoms with Gasteiger partial charge in [0.15, 0.2) is 0 Å². The highest BCUT2D eigenvalue weighted by Crippen LogP contribution is 2.23. The van der Waals surface area contributed by atoms with Crippen molar-refractivity contribution in [3.63, 3.8) is 0 Å². The minimum Gasteiger partial charge on any atom is -0.497 e. The van der Waals surface area contributed by atoms with E-state index in [0.717, 1.165) is 22.4 Å². The Morgan fingerprint density at radius 1 is 1.05 bits per heavy atom. The third kappa shape index (κ3) is 4.35. The van der Waals surface area contributed by atoms with Gasteiger partial charge in [-0.3, -0.25) is 0 Å². The first kappa shape index (κ1) is 15.6. The Morgan fingerprint density at radius 2 is 1.57 bits per heavy atom. The topological polar surface area (TPSA) is 29.5 Å². The van der Waals surface area contributed by atoms with Gasteiger partial charge in [-0.05, 0) is 40.6 Å². The van der Waals surface area contributed by atoms with Crippen molar-refractivity contribution in [3.05, 3.63) is 54.1 Å². The molecule has 21 heavy (non-hydrogen) atoms. The number of halogens is 1. The molecule has 0 radical (unpaired) electrons. The lowest BCUT2D eigenvalue weighted by molar-refractivity contribution is 0.123. The molecule has 3 heteroatoms. The van der Waals surface area contributed by atoms with Crippen LogP contribution in [-0.2, 0) is 6.42 Å². The van der Waals surface area contributed by atoms with E-state index in [1.807, 2.05) is 36.4 Å². The van der Waals surface area contributed by atoms with E-state index in [2.05, 4.69) is 38.8 Å². The lowest BCUT2D eigenvalue weighted by Crippen LogP contribution is -2.24. The van der Waals surface area contributed by atoms with E-state index >= 15 is 0 Å². The number of methoxy groups -OCH3 is 1. The number of hydrogen-bond acceptors (Lipinski definition) is 2. The van der Waals surface area contributed by atoms with Crippen LogP contribution in [0.4, 0.5) is 0 Å². The molecule has 1 atom stereocenters. The van der Waals surface area contributed by atoms with E-state index in [1.165, 1.54) is 0 Å². The summed E-state index contributed by atoms with van der Waals surface area (Å²) in [5.41, 5.74) is 2.29. The number of ether oxygens (including phenoxy) is 1. The molecule has 0 aliphatic heterocycles. The highest BCUT2D eigenvalue weighted by Gasteiger charge is 2.17. The van der Waals surface area contributed by atoms with Gasteiger partial charge in [0.05, 0.1) is 7.11 Å². The summed E-state index contributed by atoms with van der Waals surface area (Å²) < 4.78 is 5.16. The summed E-state index contributed by atoms with van der Waals surface area (Å²) in [5, 5.41) is 10.1. The fraction of sp³-hybridized carbons (Fsp3) is 0.222. The van der Waals surface area contributed by atoms with Gasteiger partial charge in [0, 0.05) is 22.4 Å². The maximum Gasteiger partial charge on any atom is 0.127 e. The predicted molar refractivity (Wildman–Crippen MR) is 89.5 cm³/mol. The van der Waals surface area contributed by atoms with Crippen molar-refractivity contribution in [1.29, 1.82) is 0 Å². The summed E-state index contributed by atoms with van der Waals surface area (Å²) >= 11 is 3.02. The monoisotopic (exact) mass is 344 g/mol. The van der Waals surface area contributed by atoms with Crippen molar-refractivity contribution in [2.24, 2.45) is 0 Å². The molecule has 0 aromatic heterocycles. The number of rotatable bonds is 4. The Bertz CT molecular complexity index is 646. The molecule has 108 valence electrons. The standard InChI is InChI=1S/C18H17BrO2/c1-18(20,11-12-19)13-14-3-5-15(6-4-14)16-7-9-17(21-2)10-8-16/h3-10,20H,13H2,1-2H3. The summed E-state index contributed by atoms with van der Waals surface area (Å²) in [6, 6.07) is 16.1. The molecule has 0 saturated heterocycles. The molecule has 2 aromatic carbocycles. The highest BCUT2D eigenvalue weighted by molar-refractivity contribution is 9.12. The first-order chi connectivity index (χ1) is 10.0. The van der Waals surface area contributed by atoms with Gasteiger partial charge < -0.3 is 9.84 Å². The Labute approximate surface area is 133 Å². The van der Waals surface area contributed by atoms with Crippen molar-refractivity contribution in [2.45, 2.75) is 18.9 Å². The van der Waals surface area contributed by atoms with Gasteiger partial charge >= 0.3 is 0 Å². The van der Waals surface area contributed by atoms with Crippen molar-refractivity contribution in [2.75, 3.05) is 7.11 Å². The highest BCUT2D eigenvalue weighted by atomic mass is 79.9. The van der Waals surface area contributed by atoms with E-state index in [1.54, 1.807) is 14.0 Å². The van der Waals surface area contributed by atoms with Crippen LogP contribution in [0, 0.1) is 10.8 Å². The third-order valence-corrected chi connectivity index (χ3v) is 3.44. The van der Waals surface area contributed by atoms with Gasteiger partial charge in [-0.2, -0.15) is 0 Å². The second-order valence-electron chi connectivity index (χ2n) is 5.10. The molecule has 0 bridgehead atoms. The molecule has 2 aromatic rings. The maximum absolute atomic E-state index is 10.1. The lowest BCUT2D eigenvalue weighted by Gasteiger charge is -2.16. The second-order valence-corrected chi connectivity index (χ2v) is 5.49. The Balaban J connectivity index is 2.16. The molecule has 0 saturated carbocycles. The molecule has 0 fully saturated rings. The van der Waals surface area contributed by atoms with Crippen LogP contribution in [0.5, 0.6) is 5.75 Å². The average molecular weight is 345 g/mol. The molecule has 0 aliphatic carbocycles. The normalized spacial score (nSPS) is 13.0. The third-order valence-electron chi connectivity index (χ3n) is 3.24. The molecule has 0 heterocycles. The molecular weight excluding hydrogens is 328 g/mol. The van der Waals surface area contributed by atoms with Gasteiger partial charge in [-0.25, -0.2) is 0 Å². The summed E-state index contributed by atoms with van der Waals surface area (Å²) in [6.07, 6.45) is 0.495. The zero-order valence-electron chi connectivity index (χ0n) is 12.1. The number of hydrogen-bond donors (Lipinski definition) is 1. The van der Waals surface area contributed by atoms with E-state index in [9.17, 15) is 5.11 Å². The quantitative estimate of drug-likeness (QED) is 0.849. The van der Waals surface area contributed by atoms with Gasteiger partial charge in [-0.1, -0.05) is 42.3 Å². The number of benzene rings is 2. The molecular formula is C18H17BrO2. The SMILES string of the molecule is COc1ccc(-c2ccc(CC(C)(O)C#CBr)cc2)cc1. The molecule has 1 N–H and O–H groups in total. The zero-order valence-corrected chi connectivity index (χ0v) is 13.6. The van der Waals surface area contributed by atoms with Crippen molar-refractivity contribution in [1.82, 2.24) is 0 Å². The van der Waals surface area contributed by atoms with Crippen LogP contribution in [0.15, 0.2) is 48.5 Å². The molecule has 2 nitrogen and oxygen atoms in total. The van der Waals surface area contributed by atoms with Crippen LogP contribution in [0.2, 0.25) is 0 Å². The molecule has 2 rings (SSSR count). The van der Waals surface area contributed by atoms with E-state index < -0.39 is 5.60 Å². The van der Waals surface area contributed by atoms with E-state index in [-0.39, 0.29) is 0 Å².